The molecule has 0 aliphatic carbocycles. The zero-order valence-corrected chi connectivity index (χ0v) is 12.0. The highest BCUT2D eigenvalue weighted by molar-refractivity contribution is 9.10. The first-order valence-corrected chi connectivity index (χ1v) is 6.92. The molecule has 2 nitrogen and oxygen atoms in total. The molecule has 2 rings (SSSR count). The fourth-order valence-corrected chi connectivity index (χ4v) is 2.46. The van der Waals surface area contributed by atoms with Crippen molar-refractivity contribution in [1.29, 1.82) is 0 Å². The maximum atomic E-state index is 3.58. The van der Waals surface area contributed by atoms with Crippen LogP contribution in [-0.2, 0) is 6.54 Å². The van der Waals surface area contributed by atoms with Gasteiger partial charge in [0, 0.05) is 34.7 Å². The molecule has 0 spiro atoms. The van der Waals surface area contributed by atoms with Gasteiger partial charge in [0.05, 0.1) is 0 Å². The molecule has 17 heavy (non-hydrogen) atoms. The van der Waals surface area contributed by atoms with Gasteiger partial charge in [-0.15, -0.1) is 0 Å². The fourth-order valence-electron chi connectivity index (χ4n) is 1.97. The number of nitrogens with one attached hydrogen (secondary N) is 1. The summed E-state index contributed by atoms with van der Waals surface area (Å²) < 4.78 is 3.47. The van der Waals surface area contributed by atoms with Crippen molar-refractivity contribution < 1.29 is 0 Å². The molecule has 0 bridgehead atoms. The SMILES string of the molecule is CC(C)CNCCn1ccc2c(Br)cccc21. The topological polar surface area (TPSA) is 17.0 Å². The van der Waals surface area contributed by atoms with Crippen molar-refractivity contribution >= 4 is 26.8 Å². The number of nitrogens with zero attached hydrogens (tertiary/aromatic N) is 1. The molecule has 0 aliphatic rings. The zero-order chi connectivity index (χ0) is 12.3. The third-order valence-electron chi connectivity index (χ3n) is 2.84. The average molecular weight is 295 g/mol. The molecule has 0 aliphatic heterocycles. The summed E-state index contributed by atoms with van der Waals surface area (Å²) in [5, 5.41) is 4.76. The quantitative estimate of drug-likeness (QED) is 0.833. The Morgan fingerprint density at radius 3 is 2.88 bits per heavy atom. The smallest absolute Gasteiger partial charge is 0.0492 e. The minimum atomic E-state index is 0.713. The summed E-state index contributed by atoms with van der Waals surface area (Å²) in [6.45, 7) is 7.59. The van der Waals surface area contributed by atoms with Crippen LogP contribution in [0.4, 0.5) is 0 Å². The van der Waals surface area contributed by atoms with Crippen LogP contribution in [0.25, 0.3) is 10.9 Å². The first kappa shape index (κ1) is 12.7. The van der Waals surface area contributed by atoms with Crippen LogP contribution in [0.1, 0.15) is 13.8 Å². The van der Waals surface area contributed by atoms with Crippen molar-refractivity contribution in [3.63, 3.8) is 0 Å². The van der Waals surface area contributed by atoms with Gasteiger partial charge in [-0.3, -0.25) is 0 Å². The molecule has 92 valence electrons. The molecule has 0 saturated heterocycles. The highest BCUT2D eigenvalue weighted by atomic mass is 79.9. The summed E-state index contributed by atoms with van der Waals surface area (Å²) in [7, 11) is 0. The molecular weight excluding hydrogens is 276 g/mol. The predicted molar refractivity (Wildman–Crippen MR) is 77.3 cm³/mol. The van der Waals surface area contributed by atoms with Crippen LogP contribution in [-0.4, -0.2) is 17.7 Å². The Balaban J connectivity index is 2.02. The lowest BCUT2D eigenvalue weighted by molar-refractivity contribution is 0.529. The van der Waals surface area contributed by atoms with Gasteiger partial charge in [-0.2, -0.15) is 0 Å². The van der Waals surface area contributed by atoms with Crippen molar-refractivity contribution in [3.05, 3.63) is 34.9 Å². The number of fused-ring (bicyclic) bond motifs is 1. The van der Waals surface area contributed by atoms with Crippen molar-refractivity contribution in [2.45, 2.75) is 20.4 Å². The third kappa shape index (κ3) is 3.11. The molecule has 3 heteroatoms. The molecule has 0 saturated carbocycles. The van der Waals surface area contributed by atoms with E-state index in [9.17, 15) is 0 Å². The number of benzene rings is 1. The average Bonchev–Trinajstić information content (AvgIpc) is 2.69. The molecule has 0 amide bonds. The Labute approximate surface area is 111 Å². The Kier molecular flexibility index (Phi) is 4.24. The van der Waals surface area contributed by atoms with E-state index < -0.39 is 0 Å². The molecule has 0 unspecified atom stereocenters. The van der Waals surface area contributed by atoms with Crippen LogP contribution >= 0.6 is 15.9 Å². The van der Waals surface area contributed by atoms with Crippen molar-refractivity contribution in [2.24, 2.45) is 5.92 Å². The molecule has 1 aromatic heterocycles. The van der Waals surface area contributed by atoms with Crippen molar-refractivity contribution in [3.8, 4) is 0 Å². The molecule has 0 radical (unpaired) electrons. The predicted octanol–water partition coefficient (Wildman–Crippen LogP) is 3.65. The van der Waals surface area contributed by atoms with Crippen molar-refractivity contribution in [1.82, 2.24) is 9.88 Å². The second-order valence-corrected chi connectivity index (χ2v) is 5.63. The number of hydrogen-bond donors (Lipinski definition) is 1. The van der Waals surface area contributed by atoms with E-state index in [1.54, 1.807) is 0 Å². The summed E-state index contributed by atoms with van der Waals surface area (Å²) in [5.41, 5.74) is 1.30. The minimum Gasteiger partial charge on any atom is -0.346 e. The Bertz CT molecular complexity index is 488. The normalized spacial score (nSPS) is 11.5. The van der Waals surface area contributed by atoms with Gasteiger partial charge in [-0.05, 0) is 30.7 Å². The van der Waals surface area contributed by atoms with Crippen LogP contribution in [0.3, 0.4) is 0 Å². The van der Waals surface area contributed by atoms with Crippen LogP contribution < -0.4 is 5.32 Å². The molecule has 1 aromatic carbocycles. The van der Waals surface area contributed by atoms with Gasteiger partial charge in [0.15, 0.2) is 0 Å². The van der Waals surface area contributed by atoms with Crippen molar-refractivity contribution in [2.75, 3.05) is 13.1 Å². The highest BCUT2D eigenvalue weighted by Gasteiger charge is 2.03. The van der Waals surface area contributed by atoms with E-state index in [1.165, 1.54) is 15.4 Å². The number of hydrogen-bond acceptors (Lipinski definition) is 1. The van der Waals surface area contributed by atoms with Crippen LogP contribution in [0, 0.1) is 5.92 Å². The van der Waals surface area contributed by atoms with E-state index in [2.05, 4.69) is 70.1 Å². The van der Waals surface area contributed by atoms with E-state index in [0.717, 1.165) is 19.6 Å². The monoisotopic (exact) mass is 294 g/mol. The number of rotatable bonds is 5. The van der Waals surface area contributed by atoms with E-state index in [4.69, 9.17) is 0 Å². The van der Waals surface area contributed by atoms with Crippen LogP contribution in [0.2, 0.25) is 0 Å². The Morgan fingerprint density at radius 2 is 2.12 bits per heavy atom. The largest absolute Gasteiger partial charge is 0.346 e. The van der Waals surface area contributed by atoms with E-state index in [1.807, 2.05) is 0 Å². The minimum absolute atomic E-state index is 0.713. The molecule has 0 fully saturated rings. The summed E-state index contributed by atoms with van der Waals surface area (Å²) in [5.74, 6) is 0.713. The second kappa shape index (κ2) is 5.69. The van der Waals surface area contributed by atoms with Crippen LogP contribution in [0.15, 0.2) is 34.9 Å². The fraction of sp³-hybridized carbons (Fsp3) is 0.429. The van der Waals surface area contributed by atoms with Gasteiger partial charge in [0.1, 0.15) is 0 Å². The van der Waals surface area contributed by atoms with E-state index >= 15 is 0 Å². The first-order valence-electron chi connectivity index (χ1n) is 6.12. The third-order valence-corrected chi connectivity index (χ3v) is 3.53. The summed E-state index contributed by atoms with van der Waals surface area (Å²) in [6, 6.07) is 8.51. The van der Waals surface area contributed by atoms with Gasteiger partial charge in [-0.25, -0.2) is 0 Å². The molecule has 0 atom stereocenters. The second-order valence-electron chi connectivity index (χ2n) is 4.78. The molecule has 2 aromatic rings. The van der Waals surface area contributed by atoms with Gasteiger partial charge in [0.2, 0.25) is 0 Å². The summed E-state index contributed by atoms with van der Waals surface area (Å²) in [4.78, 5) is 0. The van der Waals surface area contributed by atoms with Crippen LogP contribution in [0.5, 0.6) is 0 Å². The Hall–Kier alpha value is -0.800. The molecule has 1 N–H and O–H groups in total. The zero-order valence-electron chi connectivity index (χ0n) is 10.4. The lowest BCUT2D eigenvalue weighted by Gasteiger charge is -2.09. The number of halogens is 1. The van der Waals surface area contributed by atoms with Gasteiger partial charge in [-0.1, -0.05) is 35.8 Å². The summed E-state index contributed by atoms with van der Waals surface area (Å²) >= 11 is 3.58. The molecule has 1 heterocycles. The molecular formula is C14H19BrN2. The number of aromatic nitrogens is 1. The van der Waals surface area contributed by atoms with Gasteiger partial charge in [0.25, 0.3) is 0 Å². The first-order chi connectivity index (χ1) is 8.18. The Morgan fingerprint density at radius 1 is 1.29 bits per heavy atom. The standard InChI is InChI=1S/C14H19BrN2/c1-11(2)10-16-7-9-17-8-6-12-13(15)4-3-5-14(12)17/h3-6,8,11,16H,7,9-10H2,1-2H3. The maximum Gasteiger partial charge on any atom is 0.0492 e. The van der Waals surface area contributed by atoms with Gasteiger partial charge >= 0.3 is 0 Å². The van der Waals surface area contributed by atoms with E-state index in [-0.39, 0.29) is 0 Å². The highest BCUT2D eigenvalue weighted by Crippen LogP contribution is 2.24. The maximum absolute atomic E-state index is 3.58. The summed E-state index contributed by atoms with van der Waals surface area (Å²) in [6.07, 6.45) is 2.16. The van der Waals surface area contributed by atoms with E-state index in [0.29, 0.717) is 5.92 Å². The van der Waals surface area contributed by atoms with Gasteiger partial charge < -0.3 is 9.88 Å². The lowest BCUT2D eigenvalue weighted by Crippen LogP contribution is -2.23. The lowest BCUT2D eigenvalue weighted by atomic mass is 10.2.